The maximum absolute atomic E-state index is 12.3. The highest BCUT2D eigenvalue weighted by atomic mass is 16.5. The number of hydrogen-bond donors (Lipinski definition) is 2. The topological polar surface area (TPSA) is 136 Å². The third-order valence-electron chi connectivity index (χ3n) is 4.53. The van der Waals surface area contributed by atoms with Gasteiger partial charge in [0.1, 0.15) is 0 Å². The van der Waals surface area contributed by atoms with E-state index in [1.165, 1.54) is 31.2 Å². The van der Waals surface area contributed by atoms with Gasteiger partial charge in [0.2, 0.25) is 5.91 Å². The van der Waals surface area contributed by atoms with Crippen molar-refractivity contribution in [2.75, 3.05) is 11.9 Å². The summed E-state index contributed by atoms with van der Waals surface area (Å²) in [5, 5.41) is 2.55. The van der Waals surface area contributed by atoms with Gasteiger partial charge in [0.25, 0.3) is 17.7 Å². The van der Waals surface area contributed by atoms with Crippen LogP contribution in [0.15, 0.2) is 48.5 Å². The number of carbonyl (C=O) groups is 5. The normalized spacial score (nSPS) is 13.6. The van der Waals surface area contributed by atoms with Gasteiger partial charge in [-0.1, -0.05) is 12.1 Å². The highest BCUT2D eigenvalue weighted by Gasteiger charge is 2.35. The SMILES string of the molecule is C[C@@H](OC(=O)CCN1C(=O)c2ccccc2C1=O)C(=O)Nc1ccc(C(N)=O)cc1. The number of rotatable bonds is 7. The molecule has 3 rings (SSSR count). The zero-order valence-electron chi connectivity index (χ0n) is 16.1. The van der Waals surface area contributed by atoms with Crippen LogP contribution in [0.5, 0.6) is 0 Å². The number of fused-ring (bicyclic) bond motifs is 1. The van der Waals surface area contributed by atoms with Crippen molar-refractivity contribution in [3.05, 3.63) is 65.2 Å². The van der Waals surface area contributed by atoms with Crippen LogP contribution in [-0.4, -0.2) is 47.1 Å². The van der Waals surface area contributed by atoms with E-state index in [9.17, 15) is 24.0 Å². The molecule has 0 saturated heterocycles. The number of anilines is 1. The van der Waals surface area contributed by atoms with E-state index in [0.29, 0.717) is 22.4 Å². The van der Waals surface area contributed by atoms with Crippen LogP contribution in [-0.2, 0) is 14.3 Å². The van der Waals surface area contributed by atoms with Gasteiger partial charge in [-0.15, -0.1) is 0 Å². The summed E-state index contributed by atoms with van der Waals surface area (Å²) < 4.78 is 5.08. The Hall–Kier alpha value is -4.01. The molecule has 3 N–H and O–H groups in total. The molecule has 0 saturated carbocycles. The molecule has 0 spiro atoms. The van der Waals surface area contributed by atoms with Crippen LogP contribution in [0.4, 0.5) is 5.69 Å². The molecule has 9 heteroatoms. The lowest BCUT2D eigenvalue weighted by Crippen LogP contribution is -2.34. The van der Waals surface area contributed by atoms with Crippen molar-refractivity contribution in [2.45, 2.75) is 19.4 Å². The van der Waals surface area contributed by atoms with Gasteiger partial charge in [-0.25, -0.2) is 0 Å². The van der Waals surface area contributed by atoms with E-state index in [2.05, 4.69) is 5.32 Å². The monoisotopic (exact) mass is 409 g/mol. The maximum atomic E-state index is 12.3. The first-order valence-electron chi connectivity index (χ1n) is 9.13. The number of esters is 1. The lowest BCUT2D eigenvalue weighted by atomic mass is 10.1. The summed E-state index contributed by atoms with van der Waals surface area (Å²) in [6.45, 7) is 1.25. The third-order valence-corrected chi connectivity index (χ3v) is 4.53. The lowest BCUT2D eigenvalue weighted by Gasteiger charge is -2.16. The number of imide groups is 1. The van der Waals surface area contributed by atoms with Crippen molar-refractivity contribution < 1.29 is 28.7 Å². The number of ether oxygens (including phenoxy) is 1. The van der Waals surface area contributed by atoms with E-state index >= 15 is 0 Å². The van der Waals surface area contributed by atoms with Crippen molar-refractivity contribution >= 4 is 35.3 Å². The molecule has 0 radical (unpaired) electrons. The first-order chi connectivity index (χ1) is 14.3. The Morgan fingerprint density at radius 1 is 1.00 bits per heavy atom. The Bertz CT molecular complexity index is 996. The molecule has 1 atom stereocenters. The molecule has 1 aliphatic rings. The molecule has 9 nitrogen and oxygen atoms in total. The number of benzene rings is 2. The van der Waals surface area contributed by atoms with Crippen LogP contribution in [0, 0.1) is 0 Å². The van der Waals surface area contributed by atoms with Crippen molar-refractivity contribution in [1.29, 1.82) is 0 Å². The molecule has 0 unspecified atom stereocenters. The molecule has 30 heavy (non-hydrogen) atoms. The number of primary amides is 1. The molecule has 2 aromatic rings. The lowest BCUT2D eigenvalue weighted by molar-refractivity contribution is -0.153. The van der Waals surface area contributed by atoms with Gasteiger partial charge in [-0.05, 0) is 43.3 Å². The van der Waals surface area contributed by atoms with Gasteiger partial charge in [0.15, 0.2) is 6.10 Å². The number of nitrogens with zero attached hydrogens (tertiary/aromatic N) is 1. The zero-order chi connectivity index (χ0) is 21.8. The van der Waals surface area contributed by atoms with Gasteiger partial charge < -0.3 is 15.8 Å². The van der Waals surface area contributed by atoms with Crippen molar-refractivity contribution in [1.82, 2.24) is 4.90 Å². The minimum atomic E-state index is -1.10. The summed E-state index contributed by atoms with van der Waals surface area (Å²) in [4.78, 5) is 60.9. The molecule has 154 valence electrons. The molecule has 0 bridgehead atoms. The predicted molar refractivity (Wildman–Crippen MR) is 106 cm³/mol. The molecule has 1 aliphatic heterocycles. The average molecular weight is 409 g/mol. The van der Waals surface area contributed by atoms with Crippen molar-refractivity contribution in [3.8, 4) is 0 Å². The third kappa shape index (κ3) is 4.35. The number of hydrogen-bond acceptors (Lipinski definition) is 6. The Kier molecular flexibility index (Phi) is 5.91. The second kappa shape index (κ2) is 8.56. The first-order valence-corrected chi connectivity index (χ1v) is 9.13. The number of nitrogens with one attached hydrogen (secondary N) is 1. The van der Waals surface area contributed by atoms with E-state index in [1.807, 2.05) is 0 Å². The Morgan fingerprint density at radius 2 is 1.57 bits per heavy atom. The van der Waals surface area contributed by atoms with Gasteiger partial charge >= 0.3 is 5.97 Å². The summed E-state index contributed by atoms with van der Waals surface area (Å²) >= 11 is 0. The van der Waals surface area contributed by atoms with Gasteiger partial charge in [-0.2, -0.15) is 0 Å². The molecule has 0 fully saturated rings. The fraction of sp³-hybridized carbons (Fsp3) is 0.190. The molecular formula is C21H19N3O6. The van der Waals surface area contributed by atoms with E-state index < -0.39 is 35.7 Å². The highest BCUT2D eigenvalue weighted by Crippen LogP contribution is 2.22. The second-order valence-corrected chi connectivity index (χ2v) is 6.62. The molecule has 2 aromatic carbocycles. The molecule has 0 aromatic heterocycles. The van der Waals surface area contributed by atoms with Gasteiger partial charge in [0, 0.05) is 17.8 Å². The fourth-order valence-electron chi connectivity index (χ4n) is 2.92. The van der Waals surface area contributed by atoms with Crippen LogP contribution in [0.2, 0.25) is 0 Å². The standard InChI is InChI=1S/C21H19N3O6/c1-12(19(27)23-14-8-6-13(7-9-14)18(22)26)30-17(25)10-11-24-20(28)15-4-2-3-5-16(15)21(24)29/h2-9,12H,10-11H2,1H3,(H2,22,26)(H,23,27)/t12-/m1/s1. The van der Waals surface area contributed by atoms with Crippen LogP contribution >= 0.6 is 0 Å². The largest absolute Gasteiger partial charge is 0.452 e. The van der Waals surface area contributed by atoms with E-state index in [4.69, 9.17) is 10.5 Å². The van der Waals surface area contributed by atoms with Crippen LogP contribution < -0.4 is 11.1 Å². The average Bonchev–Trinajstić information content (AvgIpc) is 2.97. The zero-order valence-corrected chi connectivity index (χ0v) is 16.1. The fourth-order valence-corrected chi connectivity index (χ4v) is 2.92. The highest BCUT2D eigenvalue weighted by molar-refractivity contribution is 6.21. The Morgan fingerprint density at radius 3 is 2.10 bits per heavy atom. The van der Waals surface area contributed by atoms with Crippen LogP contribution in [0.1, 0.15) is 44.4 Å². The minimum Gasteiger partial charge on any atom is -0.452 e. The van der Waals surface area contributed by atoms with E-state index in [-0.39, 0.29) is 13.0 Å². The van der Waals surface area contributed by atoms with Crippen LogP contribution in [0.25, 0.3) is 0 Å². The van der Waals surface area contributed by atoms with Gasteiger partial charge in [-0.3, -0.25) is 28.9 Å². The Labute approximate surface area is 171 Å². The number of nitrogens with two attached hydrogens (primary N) is 1. The minimum absolute atomic E-state index is 0.145. The molecular weight excluding hydrogens is 390 g/mol. The number of amides is 4. The van der Waals surface area contributed by atoms with Crippen LogP contribution in [0.3, 0.4) is 0 Å². The smallest absolute Gasteiger partial charge is 0.308 e. The summed E-state index contributed by atoms with van der Waals surface area (Å²) in [5.41, 5.74) is 6.44. The Balaban J connectivity index is 1.50. The summed E-state index contributed by atoms with van der Waals surface area (Å²) in [7, 11) is 0. The first kappa shape index (κ1) is 20.7. The predicted octanol–water partition coefficient (Wildman–Crippen LogP) is 1.34. The maximum Gasteiger partial charge on any atom is 0.308 e. The second-order valence-electron chi connectivity index (χ2n) is 6.62. The van der Waals surface area contributed by atoms with E-state index in [1.54, 1.807) is 24.3 Å². The van der Waals surface area contributed by atoms with Crippen molar-refractivity contribution in [3.63, 3.8) is 0 Å². The summed E-state index contributed by atoms with van der Waals surface area (Å²) in [5.74, 6) is -2.82. The van der Waals surface area contributed by atoms with Crippen molar-refractivity contribution in [2.24, 2.45) is 5.73 Å². The summed E-state index contributed by atoms with van der Waals surface area (Å²) in [6, 6.07) is 12.3. The summed E-state index contributed by atoms with van der Waals surface area (Å²) in [6.07, 6.45) is -1.34. The van der Waals surface area contributed by atoms with E-state index in [0.717, 1.165) is 4.90 Å². The number of carbonyl (C=O) groups excluding carboxylic acids is 5. The quantitative estimate of drug-likeness (QED) is 0.523. The molecule has 0 aliphatic carbocycles. The molecule has 1 heterocycles. The van der Waals surface area contributed by atoms with Gasteiger partial charge in [0.05, 0.1) is 17.5 Å². The molecule has 4 amide bonds.